The molecule has 1 amide bonds. The minimum atomic E-state index is -3.75. The van der Waals surface area contributed by atoms with E-state index >= 15 is 0 Å². The molecule has 0 saturated carbocycles. The molecule has 0 radical (unpaired) electrons. The van der Waals surface area contributed by atoms with E-state index in [2.05, 4.69) is 0 Å². The number of rotatable bonds is 6. The van der Waals surface area contributed by atoms with E-state index in [9.17, 15) is 18.0 Å². The summed E-state index contributed by atoms with van der Waals surface area (Å²) in [6.07, 6.45) is 1.15. The number of hydrogen-bond donors (Lipinski definition) is 0. The lowest BCUT2D eigenvalue weighted by Gasteiger charge is -2.31. The normalized spacial score (nSPS) is 14.9. The van der Waals surface area contributed by atoms with Crippen LogP contribution in [0.5, 0.6) is 0 Å². The Bertz CT molecular complexity index is 1030. The van der Waals surface area contributed by atoms with Crippen LogP contribution in [0.25, 0.3) is 0 Å². The van der Waals surface area contributed by atoms with Gasteiger partial charge in [-0.15, -0.1) is 0 Å². The first-order valence-electron chi connectivity index (χ1n) is 10.0. The van der Waals surface area contributed by atoms with Crippen molar-refractivity contribution in [3.05, 3.63) is 59.1 Å². The lowest BCUT2D eigenvalue weighted by molar-refractivity contribution is -0.149. The fraction of sp³-hybridized carbons (Fsp3) is 0.364. The Kier molecular flexibility index (Phi) is 7.23. The Morgan fingerprint density at radius 1 is 1.06 bits per heavy atom. The molecule has 0 aromatic heterocycles. The van der Waals surface area contributed by atoms with Crippen molar-refractivity contribution in [3.8, 4) is 0 Å². The maximum atomic E-state index is 12.8. The summed E-state index contributed by atoms with van der Waals surface area (Å²) >= 11 is 5.84. The molecule has 1 heterocycles. The lowest BCUT2D eigenvalue weighted by atomic mass is 9.96. The molecule has 1 aliphatic rings. The molecule has 0 spiro atoms. The van der Waals surface area contributed by atoms with E-state index in [-0.39, 0.29) is 22.7 Å². The molecule has 1 saturated heterocycles. The number of hydrogen-bond acceptors (Lipinski definition) is 5. The zero-order valence-corrected chi connectivity index (χ0v) is 19.0. The van der Waals surface area contributed by atoms with Crippen molar-refractivity contribution >= 4 is 39.2 Å². The first-order chi connectivity index (χ1) is 14.7. The molecule has 0 aliphatic carbocycles. The summed E-state index contributed by atoms with van der Waals surface area (Å²) in [6.45, 7) is 3.09. The van der Waals surface area contributed by atoms with E-state index in [0.29, 0.717) is 48.8 Å². The molecule has 166 valence electrons. The van der Waals surface area contributed by atoms with Crippen molar-refractivity contribution in [3.63, 3.8) is 0 Å². The summed E-state index contributed by atoms with van der Waals surface area (Å²) in [4.78, 5) is 26.5. The summed E-state index contributed by atoms with van der Waals surface area (Å²) in [6, 6.07) is 12.4. The minimum Gasteiger partial charge on any atom is -0.466 e. The molecule has 2 aromatic carbocycles. The zero-order chi connectivity index (χ0) is 22.6. The predicted octanol–water partition coefficient (Wildman–Crippen LogP) is 3.58. The van der Waals surface area contributed by atoms with Gasteiger partial charge in [0.2, 0.25) is 0 Å². The van der Waals surface area contributed by atoms with Gasteiger partial charge in [-0.25, -0.2) is 8.42 Å². The van der Waals surface area contributed by atoms with Crippen LogP contribution in [0, 0.1) is 5.92 Å². The highest BCUT2D eigenvalue weighted by atomic mass is 35.5. The third-order valence-corrected chi connectivity index (χ3v) is 7.40. The number of benzene rings is 2. The van der Waals surface area contributed by atoms with Gasteiger partial charge in [-0.2, -0.15) is 0 Å². The average Bonchev–Trinajstić information content (AvgIpc) is 2.79. The fourth-order valence-electron chi connectivity index (χ4n) is 3.48. The van der Waals surface area contributed by atoms with Crippen molar-refractivity contribution in [1.82, 2.24) is 4.90 Å². The van der Waals surface area contributed by atoms with Crippen molar-refractivity contribution in [2.45, 2.75) is 24.7 Å². The molecule has 0 bridgehead atoms. The standard InChI is InChI=1S/C22H25ClN2O5S/c1-3-30-22(27)17-12-14-25(15-13-17)21(26)16-4-8-19(9-5-16)24(2)31(28,29)20-10-6-18(23)7-11-20/h4-11,17H,3,12-15H2,1-2H3. The number of nitrogens with zero attached hydrogens (tertiary/aromatic N) is 2. The van der Waals surface area contributed by atoms with Gasteiger partial charge in [-0.05, 0) is 68.3 Å². The third kappa shape index (κ3) is 5.19. The van der Waals surface area contributed by atoms with E-state index in [4.69, 9.17) is 16.3 Å². The van der Waals surface area contributed by atoms with Gasteiger partial charge >= 0.3 is 5.97 Å². The monoisotopic (exact) mass is 464 g/mol. The number of esters is 1. The van der Waals surface area contributed by atoms with Gasteiger partial charge in [-0.3, -0.25) is 13.9 Å². The van der Waals surface area contributed by atoms with E-state index in [1.807, 2.05) is 0 Å². The number of likely N-dealkylation sites (tertiary alicyclic amines) is 1. The highest BCUT2D eigenvalue weighted by Gasteiger charge is 2.29. The third-order valence-electron chi connectivity index (χ3n) is 5.35. The van der Waals surface area contributed by atoms with Crippen molar-refractivity contribution in [1.29, 1.82) is 0 Å². The number of anilines is 1. The van der Waals surface area contributed by atoms with Gasteiger partial charge < -0.3 is 9.64 Å². The van der Waals surface area contributed by atoms with E-state index in [0.717, 1.165) is 4.31 Å². The minimum absolute atomic E-state index is 0.129. The van der Waals surface area contributed by atoms with Crippen LogP contribution in [0.15, 0.2) is 53.4 Å². The zero-order valence-electron chi connectivity index (χ0n) is 17.5. The Morgan fingerprint density at radius 2 is 1.65 bits per heavy atom. The molecule has 0 unspecified atom stereocenters. The van der Waals surface area contributed by atoms with Crippen LogP contribution in [-0.4, -0.2) is 51.9 Å². The van der Waals surface area contributed by atoms with Crippen LogP contribution in [-0.2, 0) is 19.6 Å². The first-order valence-corrected chi connectivity index (χ1v) is 11.9. The first kappa shape index (κ1) is 23.1. The van der Waals surface area contributed by atoms with Crippen molar-refractivity contribution in [2.24, 2.45) is 5.92 Å². The quantitative estimate of drug-likeness (QED) is 0.610. The smallest absolute Gasteiger partial charge is 0.309 e. The molecule has 1 fully saturated rings. The Labute approximate surface area is 187 Å². The van der Waals surface area contributed by atoms with Gasteiger partial charge in [0, 0.05) is 30.7 Å². The van der Waals surface area contributed by atoms with Crippen molar-refractivity contribution in [2.75, 3.05) is 31.0 Å². The molecule has 0 N–H and O–H groups in total. The SMILES string of the molecule is CCOC(=O)C1CCN(C(=O)c2ccc(N(C)S(=O)(=O)c3ccc(Cl)cc3)cc2)CC1. The Balaban J connectivity index is 1.66. The number of carbonyl (C=O) groups excluding carboxylic acids is 2. The number of halogens is 1. The molecular weight excluding hydrogens is 440 g/mol. The molecular formula is C22H25ClN2O5S. The largest absolute Gasteiger partial charge is 0.466 e. The van der Waals surface area contributed by atoms with Gasteiger partial charge in [0.25, 0.3) is 15.9 Å². The van der Waals surface area contributed by atoms with Crippen LogP contribution in [0.4, 0.5) is 5.69 Å². The maximum Gasteiger partial charge on any atom is 0.309 e. The van der Waals surface area contributed by atoms with Crippen LogP contribution in [0.1, 0.15) is 30.1 Å². The highest BCUT2D eigenvalue weighted by molar-refractivity contribution is 7.92. The number of amides is 1. The molecule has 2 aromatic rings. The summed E-state index contributed by atoms with van der Waals surface area (Å²) in [5, 5.41) is 0.454. The molecule has 7 nitrogen and oxygen atoms in total. The number of carbonyl (C=O) groups is 2. The number of ether oxygens (including phenoxy) is 1. The number of piperidine rings is 1. The van der Waals surface area contributed by atoms with E-state index in [1.54, 1.807) is 36.1 Å². The van der Waals surface area contributed by atoms with E-state index < -0.39 is 10.0 Å². The van der Waals surface area contributed by atoms with Gasteiger partial charge in [-0.1, -0.05) is 11.6 Å². The maximum absolute atomic E-state index is 12.8. The second-order valence-corrected chi connectivity index (χ2v) is 9.70. The predicted molar refractivity (Wildman–Crippen MR) is 119 cm³/mol. The lowest BCUT2D eigenvalue weighted by Crippen LogP contribution is -2.40. The molecule has 3 rings (SSSR count). The van der Waals surface area contributed by atoms with Crippen LogP contribution in [0.2, 0.25) is 5.02 Å². The highest BCUT2D eigenvalue weighted by Crippen LogP contribution is 2.25. The van der Waals surface area contributed by atoms with Gasteiger partial charge in [0.05, 0.1) is 23.1 Å². The molecule has 31 heavy (non-hydrogen) atoms. The van der Waals surface area contributed by atoms with E-state index in [1.165, 1.54) is 31.3 Å². The van der Waals surface area contributed by atoms with Gasteiger partial charge in [0.1, 0.15) is 0 Å². The topological polar surface area (TPSA) is 84.0 Å². The Morgan fingerprint density at radius 3 is 2.19 bits per heavy atom. The molecule has 1 aliphatic heterocycles. The summed E-state index contributed by atoms with van der Waals surface area (Å²) in [5.74, 6) is -0.515. The second kappa shape index (κ2) is 9.70. The summed E-state index contributed by atoms with van der Waals surface area (Å²) in [5.41, 5.74) is 0.906. The fourth-order valence-corrected chi connectivity index (χ4v) is 4.80. The second-order valence-electron chi connectivity index (χ2n) is 7.29. The number of sulfonamides is 1. The molecule has 9 heteroatoms. The van der Waals surface area contributed by atoms with Crippen LogP contribution >= 0.6 is 11.6 Å². The van der Waals surface area contributed by atoms with Crippen LogP contribution < -0.4 is 4.31 Å². The summed E-state index contributed by atoms with van der Waals surface area (Å²) < 4.78 is 31.8. The van der Waals surface area contributed by atoms with Crippen molar-refractivity contribution < 1.29 is 22.7 Å². The average molecular weight is 465 g/mol. The van der Waals surface area contributed by atoms with Crippen LogP contribution in [0.3, 0.4) is 0 Å². The van der Waals surface area contributed by atoms with Gasteiger partial charge in [0.15, 0.2) is 0 Å². The summed E-state index contributed by atoms with van der Waals surface area (Å²) in [7, 11) is -2.29. The Hall–Kier alpha value is -2.58. The molecule has 0 atom stereocenters.